The highest BCUT2D eigenvalue weighted by Gasteiger charge is 2.13. The van der Waals surface area contributed by atoms with Gasteiger partial charge in [-0.15, -0.1) is 15.3 Å². The van der Waals surface area contributed by atoms with E-state index >= 15 is 0 Å². The maximum Gasteiger partial charge on any atom is 0.236 e. The number of halogens is 1. The van der Waals surface area contributed by atoms with E-state index in [4.69, 9.17) is 16.3 Å². The average molecular weight is 434 g/mol. The normalized spacial score (nSPS) is 11.0. The van der Waals surface area contributed by atoms with Gasteiger partial charge in [-0.1, -0.05) is 53.3 Å². The van der Waals surface area contributed by atoms with Crippen LogP contribution >= 0.6 is 22.9 Å². The predicted octanol–water partition coefficient (Wildman–Crippen LogP) is 5.83. The fraction of sp³-hybridized carbons (Fsp3) is 0.0455. The Morgan fingerprint density at radius 3 is 2.57 bits per heavy atom. The summed E-state index contributed by atoms with van der Waals surface area (Å²) in [6.07, 6.45) is 0. The molecule has 0 aliphatic rings. The lowest BCUT2D eigenvalue weighted by atomic mass is 10.2. The molecule has 0 saturated carbocycles. The van der Waals surface area contributed by atoms with Crippen LogP contribution in [-0.2, 0) is 6.61 Å². The molecule has 0 fully saturated rings. The molecule has 148 valence electrons. The van der Waals surface area contributed by atoms with Crippen molar-refractivity contribution in [3.05, 3.63) is 89.4 Å². The van der Waals surface area contributed by atoms with Gasteiger partial charge in [0.15, 0.2) is 5.82 Å². The van der Waals surface area contributed by atoms with Crippen LogP contribution in [0.1, 0.15) is 5.56 Å². The fourth-order valence-corrected chi connectivity index (χ4v) is 3.96. The van der Waals surface area contributed by atoms with Crippen molar-refractivity contribution in [1.29, 1.82) is 0 Å². The smallest absolute Gasteiger partial charge is 0.236 e. The number of rotatable bonds is 6. The maximum atomic E-state index is 6.02. The first kappa shape index (κ1) is 18.6. The Kier molecular flexibility index (Phi) is 5.04. The molecule has 2 aromatic heterocycles. The Bertz CT molecular complexity index is 1280. The number of anilines is 2. The number of nitrogens with one attached hydrogen (secondary N) is 1. The van der Waals surface area contributed by atoms with Crippen molar-refractivity contribution in [3.63, 3.8) is 0 Å². The minimum absolute atomic E-state index is 0.454. The van der Waals surface area contributed by atoms with E-state index in [2.05, 4.69) is 20.6 Å². The molecule has 5 rings (SSSR count). The molecule has 8 heteroatoms. The van der Waals surface area contributed by atoms with Crippen LogP contribution in [-0.4, -0.2) is 19.8 Å². The number of hydrogen-bond acceptors (Lipinski definition) is 6. The van der Waals surface area contributed by atoms with E-state index in [-0.39, 0.29) is 0 Å². The Morgan fingerprint density at radius 2 is 1.77 bits per heavy atom. The molecule has 5 aromatic rings. The Hall–Kier alpha value is -3.42. The Labute approximate surface area is 181 Å². The van der Waals surface area contributed by atoms with Gasteiger partial charge in [-0.3, -0.25) is 0 Å². The van der Waals surface area contributed by atoms with Crippen molar-refractivity contribution in [2.45, 2.75) is 6.61 Å². The van der Waals surface area contributed by atoms with Crippen LogP contribution in [0.3, 0.4) is 0 Å². The highest BCUT2D eigenvalue weighted by Crippen LogP contribution is 2.27. The van der Waals surface area contributed by atoms with Crippen LogP contribution in [0.15, 0.2) is 78.9 Å². The summed E-state index contributed by atoms with van der Waals surface area (Å²) in [6.45, 7) is 0.454. The first-order chi connectivity index (χ1) is 14.7. The predicted molar refractivity (Wildman–Crippen MR) is 120 cm³/mol. The van der Waals surface area contributed by atoms with Gasteiger partial charge in [0.05, 0.1) is 0 Å². The molecular weight excluding hydrogens is 418 g/mol. The molecule has 3 aromatic carbocycles. The zero-order chi connectivity index (χ0) is 20.3. The topological polar surface area (TPSA) is 64.3 Å². The monoisotopic (exact) mass is 433 g/mol. The van der Waals surface area contributed by atoms with Crippen LogP contribution in [0.4, 0.5) is 10.8 Å². The van der Waals surface area contributed by atoms with Gasteiger partial charge in [0.1, 0.15) is 12.4 Å². The molecule has 2 heterocycles. The molecule has 0 spiro atoms. The third-order valence-corrected chi connectivity index (χ3v) is 5.47. The Balaban J connectivity index is 1.32. The summed E-state index contributed by atoms with van der Waals surface area (Å²) in [5, 5.41) is 17.9. The third-order valence-electron chi connectivity index (χ3n) is 4.42. The van der Waals surface area contributed by atoms with Gasteiger partial charge in [-0.25, -0.2) is 0 Å². The van der Waals surface area contributed by atoms with Gasteiger partial charge >= 0.3 is 0 Å². The van der Waals surface area contributed by atoms with Crippen LogP contribution in [0, 0.1) is 0 Å². The van der Waals surface area contributed by atoms with E-state index in [0.717, 1.165) is 32.7 Å². The van der Waals surface area contributed by atoms with Gasteiger partial charge in [0.25, 0.3) is 0 Å². The van der Waals surface area contributed by atoms with Gasteiger partial charge in [0, 0.05) is 16.3 Å². The quantitative estimate of drug-likeness (QED) is 0.365. The summed E-state index contributed by atoms with van der Waals surface area (Å²) < 4.78 is 7.60. The summed E-state index contributed by atoms with van der Waals surface area (Å²) in [5.74, 6) is 1.45. The minimum atomic E-state index is 0.454. The lowest BCUT2D eigenvalue weighted by Crippen LogP contribution is -1.96. The summed E-state index contributed by atoms with van der Waals surface area (Å²) in [7, 11) is 0. The van der Waals surface area contributed by atoms with Crippen molar-refractivity contribution in [3.8, 4) is 17.1 Å². The second-order valence-corrected chi connectivity index (χ2v) is 7.95. The molecule has 0 aliphatic heterocycles. The summed E-state index contributed by atoms with van der Waals surface area (Å²) in [6, 6.07) is 25.3. The molecule has 0 radical (unpaired) electrons. The molecular formula is C22H16ClN5OS. The second-order valence-electron chi connectivity index (χ2n) is 6.56. The van der Waals surface area contributed by atoms with Crippen LogP contribution in [0.5, 0.6) is 5.75 Å². The highest BCUT2D eigenvalue weighted by molar-refractivity contribution is 7.20. The van der Waals surface area contributed by atoms with Gasteiger partial charge < -0.3 is 10.1 Å². The minimum Gasteiger partial charge on any atom is -0.489 e. The third kappa shape index (κ3) is 3.98. The van der Waals surface area contributed by atoms with Crippen molar-refractivity contribution >= 4 is 38.7 Å². The van der Waals surface area contributed by atoms with Crippen molar-refractivity contribution in [2.24, 2.45) is 0 Å². The molecule has 30 heavy (non-hydrogen) atoms. The van der Waals surface area contributed by atoms with Gasteiger partial charge in [0.2, 0.25) is 10.1 Å². The number of para-hydroxylation sites is 1. The molecule has 0 atom stereocenters. The second kappa shape index (κ2) is 8.14. The zero-order valence-corrected chi connectivity index (χ0v) is 17.3. The number of aromatic nitrogens is 4. The maximum absolute atomic E-state index is 6.02. The Morgan fingerprint density at radius 1 is 0.933 bits per heavy atom. The molecule has 0 aliphatic carbocycles. The first-order valence-corrected chi connectivity index (χ1v) is 10.5. The van der Waals surface area contributed by atoms with E-state index in [1.54, 1.807) is 4.52 Å². The number of benzene rings is 3. The number of fused-ring (bicyclic) bond motifs is 1. The van der Waals surface area contributed by atoms with E-state index in [1.807, 2.05) is 78.9 Å². The van der Waals surface area contributed by atoms with Crippen LogP contribution in [0.2, 0.25) is 5.02 Å². The van der Waals surface area contributed by atoms with Crippen molar-refractivity contribution in [2.75, 3.05) is 5.32 Å². The van der Waals surface area contributed by atoms with E-state index in [0.29, 0.717) is 17.5 Å². The lowest BCUT2D eigenvalue weighted by molar-refractivity contribution is 0.306. The fourth-order valence-electron chi connectivity index (χ4n) is 2.99. The molecule has 0 amide bonds. The number of ether oxygens (including phenoxy) is 1. The van der Waals surface area contributed by atoms with Gasteiger partial charge in [-0.05, 0) is 54.1 Å². The first-order valence-electron chi connectivity index (χ1n) is 9.27. The molecule has 1 N–H and O–H groups in total. The van der Waals surface area contributed by atoms with E-state index in [1.165, 1.54) is 11.3 Å². The molecule has 0 saturated heterocycles. The van der Waals surface area contributed by atoms with Gasteiger partial charge in [-0.2, -0.15) is 4.52 Å². The largest absolute Gasteiger partial charge is 0.489 e. The van der Waals surface area contributed by atoms with Crippen molar-refractivity contribution < 1.29 is 4.74 Å². The summed E-state index contributed by atoms with van der Waals surface area (Å²) in [5.41, 5.74) is 2.91. The lowest BCUT2D eigenvalue weighted by Gasteiger charge is -2.07. The molecule has 0 unspecified atom stereocenters. The summed E-state index contributed by atoms with van der Waals surface area (Å²) in [4.78, 5) is 0.727. The SMILES string of the molecule is Clc1cccc(COc2ccc(-c3nnc4sc(Nc5ccccc5)nn34)cc2)c1. The van der Waals surface area contributed by atoms with Crippen LogP contribution in [0.25, 0.3) is 16.3 Å². The zero-order valence-electron chi connectivity index (χ0n) is 15.7. The molecule has 6 nitrogen and oxygen atoms in total. The molecule has 0 bridgehead atoms. The van der Waals surface area contributed by atoms with E-state index in [9.17, 15) is 0 Å². The van der Waals surface area contributed by atoms with E-state index < -0.39 is 0 Å². The highest BCUT2D eigenvalue weighted by atomic mass is 35.5. The number of nitrogens with zero attached hydrogens (tertiary/aromatic N) is 4. The van der Waals surface area contributed by atoms with Crippen LogP contribution < -0.4 is 10.1 Å². The number of hydrogen-bond donors (Lipinski definition) is 1. The average Bonchev–Trinajstić information content (AvgIpc) is 3.34. The summed E-state index contributed by atoms with van der Waals surface area (Å²) >= 11 is 7.47. The van der Waals surface area contributed by atoms with Crippen molar-refractivity contribution in [1.82, 2.24) is 19.8 Å². The standard InChI is InChI=1S/C22H16ClN5OS/c23-17-6-4-5-15(13-17)14-29-19-11-9-16(10-12-19)20-25-26-22-28(20)27-21(30-22)24-18-7-2-1-3-8-18/h1-13H,14H2,(H,24,27).